The first-order valence-corrected chi connectivity index (χ1v) is 7.89. The lowest BCUT2D eigenvalue weighted by atomic mass is 10.0. The third kappa shape index (κ3) is 2.17. The van der Waals surface area contributed by atoms with E-state index in [0.29, 0.717) is 16.7 Å². The molecule has 3 nitrogen and oxygen atoms in total. The molecule has 0 aliphatic heterocycles. The van der Waals surface area contributed by atoms with Gasteiger partial charge in [0.1, 0.15) is 0 Å². The topological polar surface area (TPSA) is 43.8 Å². The summed E-state index contributed by atoms with van der Waals surface area (Å²) < 4.78 is 3.12. The Kier molecular flexibility index (Phi) is 3.63. The van der Waals surface area contributed by atoms with Gasteiger partial charge in [0.25, 0.3) is 0 Å². The molecule has 0 spiro atoms. The van der Waals surface area contributed by atoms with E-state index in [1.165, 1.54) is 5.69 Å². The second-order valence-electron chi connectivity index (χ2n) is 6.97. The summed E-state index contributed by atoms with van der Waals surface area (Å²) in [6.45, 7) is 11.4. The van der Waals surface area contributed by atoms with Crippen molar-refractivity contribution < 1.29 is 0 Å². The van der Waals surface area contributed by atoms with Crippen molar-refractivity contribution in [3.05, 3.63) is 15.9 Å². The Morgan fingerprint density at radius 1 is 1.32 bits per heavy atom. The number of nitrogens with zero attached hydrogens (tertiary/aromatic N) is 2. The molecule has 0 aromatic carbocycles. The van der Waals surface area contributed by atoms with Crippen LogP contribution in [0.4, 0.5) is 0 Å². The molecule has 1 aromatic heterocycles. The van der Waals surface area contributed by atoms with Gasteiger partial charge in [0.15, 0.2) is 0 Å². The van der Waals surface area contributed by atoms with E-state index in [1.807, 2.05) is 11.7 Å². The predicted molar refractivity (Wildman–Crippen MR) is 83.0 cm³/mol. The SMILES string of the molecule is CCc1nn(C)c(CC(N)C2C(C)(C)C2(C)C)c1Br. The first kappa shape index (κ1) is 15.0. The molecule has 2 rings (SSSR count). The van der Waals surface area contributed by atoms with E-state index in [4.69, 9.17) is 5.73 Å². The summed E-state index contributed by atoms with van der Waals surface area (Å²) in [4.78, 5) is 0. The Balaban J connectivity index is 2.17. The van der Waals surface area contributed by atoms with E-state index in [0.717, 1.165) is 23.0 Å². The van der Waals surface area contributed by atoms with Crippen LogP contribution in [0, 0.1) is 16.7 Å². The van der Waals surface area contributed by atoms with Gasteiger partial charge in [-0.05, 0) is 39.1 Å². The lowest BCUT2D eigenvalue weighted by Crippen LogP contribution is -2.29. The van der Waals surface area contributed by atoms with Crippen LogP contribution in [0.25, 0.3) is 0 Å². The van der Waals surface area contributed by atoms with Crippen LogP contribution in [0.2, 0.25) is 0 Å². The Bertz CT molecular complexity index is 474. The van der Waals surface area contributed by atoms with Gasteiger partial charge in [-0.1, -0.05) is 34.6 Å². The molecule has 1 fully saturated rings. The summed E-state index contributed by atoms with van der Waals surface area (Å²) in [5, 5.41) is 4.55. The maximum Gasteiger partial charge on any atom is 0.0766 e. The maximum atomic E-state index is 6.49. The molecule has 0 radical (unpaired) electrons. The van der Waals surface area contributed by atoms with Gasteiger partial charge in [-0.25, -0.2) is 0 Å². The van der Waals surface area contributed by atoms with Gasteiger partial charge in [-0.2, -0.15) is 5.10 Å². The van der Waals surface area contributed by atoms with Gasteiger partial charge >= 0.3 is 0 Å². The summed E-state index contributed by atoms with van der Waals surface area (Å²) in [6, 6.07) is 0.196. The minimum absolute atomic E-state index is 0.196. The van der Waals surface area contributed by atoms with Crippen molar-refractivity contribution in [2.75, 3.05) is 0 Å². The second kappa shape index (κ2) is 4.59. The molecule has 0 amide bonds. The van der Waals surface area contributed by atoms with Crippen molar-refractivity contribution in [3.8, 4) is 0 Å². The summed E-state index contributed by atoms with van der Waals surface area (Å²) in [5.74, 6) is 0.576. The minimum Gasteiger partial charge on any atom is -0.327 e. The third-order valence-electron chi connectivity index (χ3n) is 5.49. The number of nitrogens with two attached hydrogens (primary N) is 1. The first-order chi connectivity index (χ1) is 8.64. The molecule has 108 valence electrons. The highest BCUT2D eigenvalue weighted by Gasteiger charge is 2.66. The zero-order valence-electron chi connectivity index (χ0n) is 12.9. The second-order valence-corrected chi connectivity index (χ2v) is 7.77. The molecule has 4 heteroatoms. The summed E-state index contributed by atoms with van der Waals surface area (Å²) in [6.07, 6.45) is 1.84. The molecule has 1 unspecified atom stereocenters. The molecule has 1 aliphatic carbocycles. The van der Waals surface area contributed by atoms with Crippen LogP contribution in [0.15, 0.2) is 4.47 Å². The highest BCUT2D eigenvalue weighted by molar-refractivity contribution is 9.10. The van der Waals surface area contributed by atoms with E-state index < -0.39 is 0 Å². The Morgan fingerprint density at radius 3 is 2.21 bits per heavy atom. The summed E-state index contributed by atoms with van der Waals surface area (Å²) in [7, 11) is 2.01. The van der Waals surface area contributed by atoms with Crippen molar-refractivity contribution in [3.63, 3.8) is 0 Å². The lowest BCUT2D eigenvalue weighted by molar-refractivity contribution is 0.457. The Hall–Kier alpha value is -0.350. The lowest BCUT2D eigenvalue weighted by Gasteiger charge is -2.14. The minimum atomic E-state index is 0.196. The monoisotopic (exact) mass is 327 g/mol. The fraction of sp³-hybridized carbons (Fsp3) is 0.800. The fourth-order valence-electron chi connectivity index (χ4n) is 3.70. The van der Waals surface area contributed by atoms with Crippen molar-refractivity contribution in [2.24, 2.45) is 29.5 Å². The van der Waals surface area contributed by atoms with E-state index in [1.54, 1.807) is 0 Å². The van der Waals surface area contributed by atoms with E-state index in [-0.39, 0.29) is 6.04 Å². The smallest absolute Gasteiger partial charge is 0.0766 e. The Labute approximate surface area is 125 Å². The van der Waals surface area contributed by atoms with Crippen LogP contribution in [0.3, 0.4) is 0 Å². The van der Waals surface area contributed by atoms with Crippen LogP contribution in [-0.2, 0) is 19.9 Å². The van der Waals surface area contributed by atoms with Crippen LogP contribution in [0.1, 0.15) is 46.0 Å². The molecule has 1 aromatic rings. The van der Waals surface area contributed by atoms with Crippen molar-refractivity contribution in [2.45, 2.75) is 53.5 Å². The molecular weight excluding hydrogens is 302 g/mol. The van der Waals surface area contributed by atoms with E-state index in [2.05, 4.69) is 55.6 Å². The number of aromatic nitrogens is 2. The van der Waals surface area contributed by atoms with Crippen molar-refractivity contribution >= 4 is 15.9 Å². The van der Waals surface area contributed by atoms with Gasteiger partial charge in [-0.3, -0.25) is 4.68 Å². The molecule has 1 atom stereocenters. The normalized spacial score (nSPS) is 22.5. The number of aryl methyl sites for hydroxylation is 2. The van der Waals surface area contributed by atoms with E-state index >= 15 is 0 Å². The highest BCUT2D eigenvalue weighted by atomic mass is 79.9. The number of hydrogen-bond donors (Lipinski definition) is 1. The molecule has 0 saturated heterocycles. The highest BCUT2D eigenvalue weighted by Crippen LogP contribution is 2.69. The first-order valence-electron chi connectivity index (χ1n) is 7.10. The number of halogens is 1. The summed E-state index contributed by atoms with van der Waals surface area (Å²) in [5.41, 5.74) is 9.51. The molecule has 2 N–H and O–H groups in total. The van der Waals surface area contributed by atoms with Crippen molar-refractivity contribution in [1.82, 2.24) is 9.78 Å². The average Bonchev–Trinajstić information content (AvgIpc) is 2.56. The predicted octanol–water partition coefficient (Wildman–Crippen LogP) is 3.30. The van der Waals surface area contributed by atoms with Gasteiger partial charge in [-0.15, -0.1) is 0 Å². The standard InChI is InChI=1S/C15H26BrN3/c1-7-10-12(16)11(19(6)18-10)8-9(17)13-14(2,3)15(13,4)5/h9,13H,7-8,17H2,1-6H3. The van der Waals surface area contributed by atoms with Gasteiger partial charge < -0.3 is 5.73 Å². The third-order valence-corrected chi connectivity index (χ3v) is 6.41. The number of hydrogen-bond acceptors (Lipinski definition) is 2. The van der Waals surface area contributed by atoms with Crippen LogP contribution >= 0.6 is 15.9 Å². The molecule has 1 aliphatic rings. The van der Waals surface area contributed by atoms with Crippen molar-refractivity contribution in [1.29, 1.82) is 0 Å². The summed E-state index contributed by atoms with van der Waals surface area (Å²) >= 11 is 3.68. The van der Waals surface area contributed by atoms with Gasteiger partial charge in [0.2, 0.25) is 0 Å². The molecule has 1 saturated carbocycles. The quantitative estimate of drug-likeness (QED) is 0.922. The van der Waals surface area contributed by atoms with Crippen LogP contribution in [0.5, 0.6) is 0 Å². The number of rotatable bonds is 4. The van der Waals surface area contributed by atoms with Crippen LogP contribution < -0.4 is 5.73 Å². The Morgan fingerprint density at radius 2 is 1.84 bits per heavy atom. The fourth-order valence-corrected chi connectivity index (χ4v) is 4.48. The van der Waals surface area contributed by atoms with Gasteiger partial charge in [0.05, 0.1) is 15.9 Å². The zero-order valence-corrected chi connectivity index (χ0v) is 14.5. The largest absolute Gasteiger partial charge is 0.327 e. The molecular formula is C15H26BrN3. The molecule has 19 heavy (non-hydrogen) atoms. The zero-order chi connectivity index (χ0) is 14.6. The maximum absolute atomic E-state index is 6.49. The molecule has 1 heterocycles. The van der Waals surface area contributed by atoms with E-state index in [9.17, 15) is 0 Å². The average molecular weight is 328 g/mol. The van der Waals surface area contributed by atoms with Gasteiger partial charge in [0, 0.05) is 19.5 Å². The molecule has 0 bridgehead atoms. The van der Waals surface area contributed by atoms with Crippen LogP contribution in [-0.4, -0.2) is 15.8 Å².